The number of hydrogen-bond acceptors (Lipinski definition) is 14. The van der Waals surface area contributed by atoms with Gasteiger partial charge in [0.2, 0.25) is 17.7 Å². The van der Waals surface area contributed by atoms with Crippen LogP contribution in [-0.4, -0.2) is 148 Å². The molecule has 0 bridgehead atoms. The quantitative estimate of drug-likeness (QED) is 0.0429. The van der Waals surface area contributed by atoms with Gasteiger partial charge in [-0.1, -0.05) is 19.1 Å². The summed E-state index contributed by atoms with van der Waals surface area (Å²) in [6.45, 7) is 4.25. The second-order valence-electron chi connectivity index (χ2n) is 12.9. The van der Waals surface area contributed by atoms with Gasteiger partial charge in [0.15, 0.2) is 12.6 Å². The fourth-order valence-corrected chi connectivity index (χ4v) is 5.54. The second kappa shape index (κ2) is 23.1. The second-order valence-corrected chi connectivity index (χ2v) is 12.9. The molecular weight excluding hydrogens is 662 g/mol. The Labute approximate surface area is 292 Å². The van der Waals surface area contributed by atoms with Crippen molar-refractivity contribution in [3.05, 3.63) is 12.2 Å². The highest BCUT2D eigenvalue weighted by Gasteiger charge is 2.46. The van der Waals surface area contributed by atoms with Crippen LogP contribution < -0.4 is 16.0 Å². The lowest BCUT2D eigenvalue weighted by Gasteiger charge is -2.42. The van der Waals surface area contributed by atoms with E-state index >= 15 is 0 Å². The van der Waals surface area contributed by atoms with Crippen molar-refractivity contribution in [2.24, 2.45) is 5.92 Å². The number of ketones is 1. The summed E-state index contributed by atoms with van der Waals surface area (Å²) in [7, 11) is 0. The molecule has 0 spiro atoms. The van der Waals surface area contributed by atoms with Crippen molar-refractivity contribution in [3.8, 4) is 0 Å². The number of allylic oxidation sites excluding steroid dienone is 2. The molecule has 50 heavy (non-hydrogen) atoms. The molecule has 0 saturated carbocycles. The minimum absolute atomic E-state index is 0.0535. The molecule has 0 aromatic heterocycles. The first-order chi connectivity index (χ1) is 23.8. The first kappa shape index (κ1) is 43.6. The number of amides is 3. The SMILES string of the molecule is CC(=O)NC1C(O)[C@@H](O)C(CO)O[C@H]1OCCCCC(=O)C/C=C/CC(C)CNC(=O)CCCCO[C@@H]1OC(CO)[C@H](O)C(O)C1NC(C)=O. The van der Waals surface area contributed by atoms with Gasteiger partial charge in [-0.05, 0) is 38.0 Å². The van der Waals surface area contributed by atoms with Crippen LogP contribution in [0.2, 0.25) is 0 Å². The van der Waals surface area contributed by atoms with Crippen LogP contribution in [0.25, 0.3) is 0 Å². The minimum atomic E-state index is -1.39. The van der Waals surface area contributed by atoms with Crippen LogP contribution >= 0.6 is 0 Å². The third-order valence-corrected chi connectivity index (χ3v) is 8.41. The summed E-state index contributed by atoms with van der Waals surface area (Å²) >= 11 is 0. The van der Waals surface area contributed by atoms with Crippen LogP contribution in [0, 0.1) is 5.92 Å². The van der Waals surface area contributed by atoms with Gasteiger partial charge in [0.25, 0.3) is 0 Å². The molecule has 2 fully saturated rings. The van der Waals surface area contributed by atoms with Gasteiger partial charge in [-0.25, -0.2) is 0 Å². The van der Waals surface area contributed by atoms with E-state index < -0.39 is 86.3 Å². The molecule has 2 saturated heterocycles. The number of carbonyl (C=O) groups excluding carboxylic acids is 4. The van der Waals surface area contributed by atoms with E-state index in [1.165, 1.54) is 13.8 Å². The summed E-state index contributed by atoms with van der Waals surface area (Å²) in [5, 5.41) is 67.4. The maximum atomic E-state index is 12.3. The zero-order valence-electron chi connectivity index (χ0n) is 29.1. The molecule has 17 nitrogen and oxygen atoms in total. The minimum Gasteiger partial charge on any atom is -0.394 e. The van der Waals surface area contributed by atoms with E-state index in [1.54, 1.807) is 0 Å². The predicted octanol–water partition coefficient (Wildman–Crippen LogP) is -2.09. The highest BCUT2D eigenvalue weighted by molar-refractivity contribution is 5.79. The van der Waals surface area contributed by atoms with Crippen molar-refractivity contribution < 1.29 is 68.8 Å². The molecule has 17 heteroatoms. The van der Waals surface area contributed by atoms with E-state index in [0.717, 1.165) is 0 Å². The highest BCUT2D eigenvalue weighted by atomic mass is 16.7. The molecule has 9 N–H and O–H groups in total. The van der Waals surface area contributed by atoms with Crippen molar-refractivity contribution in [3.63, 3.8) is 0 Å². The Balaban J connectivity index is 1.56. The number of Topliss-reactive ketones (excluding diaryl/α,β-unsaturated/α-hetero) is 1. The van der Waals surface area contributed by atoms with Crippen molar-refractivity contribution in [1.29, 1.82) is 0 Å². The summed E-state index contributed by atoms with van der Waals surface area (Å²) < 4.78 is 22.3. The maximum absolute atomic E-state index is 12.3. The molecule has 0 aliphatic carbocycles. The first-order valence-electron chi connectivity index (χ1n) is 17.2. The monoisotopic (exact) mass is 719 g/mol. The normalized spacial score (nSPS) is 30.5. The van der Waals surface area contributed by atoms with Crippen LogP contribution in [0.4, 0.5) is 0 Å². The molecule has 2 rings (SSSR count). The number of nitrogens with one attached hydrogen (secondary N) is 3. The van der Waals surface area contributed by atoms with Crippen LogP contribution in [0.5, 0.6) is 0 Å². The van der Waals surface area contributed by atoms with E-state index in [1.807, 2.05) is 19.1 Å². The van der Waals surface area contributed by atoms with E-state index in [2.05, 4.69) is 16.0 Å². The Kier molecular flexibility index (Phi) is 20.1. The summed E-state index contributed by atoms with van der Waals surface area (Å²) in [5.74, 6) is -0.799. The molecule has 2 aliphatic rings. The molecule has 0 radical (unpaired) electrons. The number of hydrogen-bond donors (Lipinski definition) is 9. The van der Waals surface area contributed by atoms with Gasteiger partial charge in [-0.15, -0.1) is 0 Å². The van der Waals surface area contributed by atoms with Crippen LogP contribution in [-0.2, 0) is 38.1 Å². The van der Waals surface area contributed by atoms with Gasteiger partial charge < -0.3 is 65.5 Å². The Morgan fingerprint density at radius 2 is 1.20 bits per heavy atom. The lowest BCUT2D eigenvalue weighted by molar-refractivity contribution is -0.270. The first-order valence-corrected chi connectivity index (χ1v) is 17.2. The van der Waals surface area contributed by atoms with Crippen molar-refractivity contribution >= 4 is 23.5 Å². The number of rotatable bonds is 22. The molecule has 288 valence electrons. The smallest absolute Gasteiger partial charge is 0.220 e. The molecule has 0 aromatic rings. The lowest BCUT2D eigenvalue weighted by Crippen LogP contribution is -2.64. The van der Waals surface area contributed by atoms with Gasteiger partial charge in [-0.2, -0.15) is 0 Å². The Hall–Kier alpha value is -2.58. The molecule has 11 atom stereocenters. The molecule has 7 unspecified atom stereocenters. The number of aliphatic hydroxyl groups is 6. The van der Waals surface area contributed by atoms with E-state index in [9.17, 15) is 49.8 Å². The lowest BCUT2D eigenvalue weighted by atomic mass is 9.97. The van der Waals surface area contributed by atoms with Crippen LogP contribution in [0.3, 0.4) is 0 Å². The summed E-state index contributed by atoms with van der Waals surface area (Å²) in [6, 6.07) is -2.02. The van der Waals surface area contributed by atoms with Gasteiger partial charge in [0, 0.05) is 52.9 Å². The number of unbranched alkanes of at least 4 members (excludes halogenated alkanes) is 2. The van der Waals surface area contributed by atoms with E-state index in [0.29, 0.717) is 45.1 Å². The van der Waals surface area contributed by atoms with Crippen molar-refractivity contribution in [2.45, 2.75) is 133 Å². The van der Waals surface area contributed by atoms with E-state index in [4.69, 9.17) is 18.9 Å². The molecule has 0 aromatic carbocycles. The zero-order valence-corrected chi connectivity index (χ0v) is 29.1. The fraction of sp³-hybridized carbons (Fsp3) is 0.818. The standard InChI is InChI=1S/C33H57N3O14/c1-19(16-34-25(42)13-7-9-15-48-33-27(36-21(3)40)31(46)29(44)24(18-38)50-33)10-4-5-11-22(41)12-6-8-14-47-32-26(35-20(2)39)30(45)28(43)23(17-37)49-32/h4-5,19,23-24,26-33,37-38,43-46H,6-18H2,1-3H3,(H,34,42)(H,35,39)(H,36,40)/b5-4+/t19?,23?,24?,26?,27?,28-,29-,30?,31?,32+,33+/m0/s1. The summed E-state index contributed by atoms with van der Waals surface area (Å²) in [6.07, 6.45) is -2.45. The van der Waals surface area contributed by atoms with E-state index in [-0.39, 0.29) is 43.7 Å². The number of carbonyl (C=O) groups is 4. The number of ether oxygens (including phenoxy) is 4. The van der Waals surface area contributed by atoms with Crippen molar-refractivity contribution in [2.75, 3.05) is 33.0 Å². The Morgan fingerprint density at radius 1 is 0.720 bits per heavy atom. The molecule has 2 aliphatic heterocycles. The summed E-state index contributed by atoms with van der Waals surface area (Å²) in [5.41, 5.74) is 0. The predicted molar refractivity (Wildman–Crippen MR) is 176 cm³/mol. The topological polar surface area (TPSA) is 263 Å². The molecule has 3 amide bonds. The average molecular weight is 720 g/mol. The molecular formula is C33H57N3O14. The van der Waals surface area contributed by atoms with Crippen molar-refractivity contribution in [1.82, 2.24) is 16.0 Å². The Bertz CT molecular complexity index is 1080. The third kappa shape index (κ3) is 15.0. The Morgan fingerprint density at radius 3 is 1.66 bits per heavy atom. The largest absolute Gasteiger partial charge is 0.394 e. The zero-order chi connectivity index (χ0) is 37.2. The average Bonchev–Trinajstić information content (AvgIpc) is 3.07. The molecule has 2 heterocycles. The van der Waals surface area contributed by atoms with Gasteiger partial charge >= 0.3 is 0 Å². The fourth-order valence-electron chi connectivity index (χ4n) is 5.54. The van der Waals surface area contributed by atoms with Gasteiger partial charge in [0.05, 0.1) is 13.2 Å². The highest BCUT2D eigenvalue weighted by Crippen LogP contribution is 2.24. The van der Waals surface area contributed by atoms with Crippen LogP contribution in [0.15, 0.2) is 12.2 Å². The third-order valence-electron chi connectivity index (χ3n) is 8.41. The van der Waals surface area contributed by atoms with Gasteiger partial charge in [-0.3, -0.25) is 19.2 Å². The van der Waals surface area contributed by atoms with Crippen LogP contribution in [0.1, 0.15) is 72.1 Å². The maximum Gasteiger partial charge on any atom is 0.220 e. The summed E-state index contributed by atoms with van der Waals surface area (Å²) in [4.78, 5) is 47.6. The van der Waals surface area contributed by atoms with Gasteiger partial charge in [0.1, 0.15) is 54.5 Å². The number of aliphatic hydroxyl groups excluding tert-OH is 6.